The predicted molar refractivity (Wildman–Crippen MR) is 148 cm³/mol. The number of halogens is 1. The van der Waals surface area contributed by atoms with Gasteiger partial charge in [-0.3, -0.25) is 24.2 Å². The van der Waals surface area contributed by atoms with Gasteiger partial charge in [0.2, 0.25) is 5.78 Å². The van der Waals surface area contributed by atoms with E-state index < -0.39 is 58.0 Å². The normalized spacial score (nSPS) is 29.1. The number of nitrogens with zero attached hydrogens (tertiary/aromatic N) is 2. The number of aliphatic hydroxyl groups is 3. The van der Waals surface area contributed by atoms with Crippen LogP contribution in [-0.2, 0) is 27.3 Å². The van der Waals surface area contributed by atoms with Gasteiger partial charge in [0.25, 0.3) is 5.91 Å². The maximum absolute atomic E-state index is 13.9. The van der Waals surface area contributed by atoms with Gasteiger partial charge in [-0.1, -0.05) is 30.9 Å². The molecule has 6 N–H and O–H groups in total. The maximum atomic E-state index is 13.9. The third-order valence-corrected chi connectivity index (χ3v) is 9.82. The highest BCUT2D eigenvalue weighted by Crippen LogP contribution is 2.53. The number of phenolic OH excluding ortho intramolecular Hbond substituents is 1. The zero-order valence-corrected chi connectivity index (χ0v) is 23.7. The van der Waals surface area contributed by atoms with Gasteiger partial charge in [0.15, 0.2) is 11.4 Å². The minimum atomic E-state index is -2.66. The molecule has 0 spiro atoms. The third-order valence-electron chi connectivity index (χ3n) is 9.35. The van der Waals surface area contributed by atoms with Crippen LogP contribution in [0.4, 0.5) is 0 Å². The average Bonchev–Trinajstić information content (AvgIpc) is 2.89. The number of ketones is 2. The van der Waals surface area contributed by atoms with Gasteiger partial charge in [-0.25, -0.2) is 0 Å². The molecule has 10 nitrogen and oxygen atoms in total. The highest BCUT2D eigenvalue weighted by Gasteiger charge is 2.64. The number of carbonyl (C=O) groups is 3. The molecule has 0 aliphatic heterocycles. The van der Waals surface area contributed by atoms with E-state index in [0.717, 1.165) is 12.8 Å². The SMILES string of the molecule is CN(Cc1cc(O)c2c(c1Cl)C[C@H]1C[C@H]3[C@H](N(C)C)C(=O)C(C(N)=O)=C(O)[C@@]3(O)C(=O)C1=C2O)C1CCCCC1. The van der Waals surface area contributed by atoms with Crippen molar-refractivity contribution in [3.8, 4) is 5.75 Å². The minimum Gasteiger partial charge on any atom is -0.508 e. The van der Waals surface area contributed by atoms with Crippen molar-refractivity contribution < 1.29 is 34.8 Å². The molecule has 0 saturated heterocycles. The fourth-order valence-corrected chi connectivity index (χ4v) is 7.67. The molecule has 0 unspecified atom stereocenters. The first-order valence-corrected chi connectivity index (χ1v) is 14.1. The van der Waals surface area contributed by atoms with Gasteiger partial charge in [-0.05, 0) is 69.9 Å². The number of primary amides is 1. The lowest BCUT2D eigenvalue weighted by Crippen LogP contribution is -2.65. The van der Waals surface area contributed by atoms with E-state index in [0.29, 0.717) is 28.7 Å². The number of amides is 1. The summed E-state index contributed by atoms with van der Waals surface area (Å²) in [6, 6.07) is 0.776. The Morgan fingerprint density at radius 2 is 1.77 bits per heavy atom. The van der Waals surface area contributed by atoms with Crippen LogP contribution in [0.1, 0.15) is 55.2 Å². The van der Waals surface area contributed by atoms with Gasteiger partial charge >= 0.3 is 0 Å². The number of Topliss-reactive ketones (excluding diaryl/α,β-unsaturated/α-hetero) is 2. The van der Waals surface area contributed by atoms with Crippen molar-refractivity contribution in [2.75, 3.05) is 21.1 Å². The molecule has 5 rings (SSSR count). The van der Waals surface area contributed by atoms with Crippen LogP contribution in [0.3, 0.4) is 0 Å². The first-order chi connectivity index (χ1) is 18.8. The highest BCUT2D eigenvalue weighted by atomic mass is 35.5. The molecule has 0 aromatic heterocycles. The fourth-order valence-electron chi connectivity index (χ4n) is 7.38. The van der Waals surface area contributed by atoms with Crippen LogP contribution >= 0.6 is 11.6 Å². The lowest BCUT2D eigenvalue weighted by molar-refractivity contribution is -0.153. The van der Waals surface area contributed by atoms with Gasteiger partial charge in [-0.2, -0.15) is 0 Å². The van der Waals surface area contributed by atoms with E-state index in [-0.39, 0.29) is 29.7 Å². The summed E-state index contributed by atoms with van der Waals surface area (Å²) in [4.78, 5) is 42.9. The highest BCUT2D eigenvalue weighted by molar-refractivity contribution is 6.32. The first kappa shape index (κ1) is 28.6. The van der Waals surface area contributed by atoms with Gasteiger partial charge < -0.3 is 26.2 Å². The summed E-state index contributed by atoms with van der Waals surface area (Å²) in [5.41, 5.74) is 2.87. The first-order valence-electron chi connectivity index (χ1n) is 13.7. The number of benzene rings is 1. The Morgan fingerprint density at radius 1 is 1.12 bits per heavy atom. The summed E-state index contributed by atoms with van der Waals surface area (Å²) in [7, 11) is 5.16. The number of fused-ring (bicyclic) bond motifs is 3. The van der Waals surface area contributed by atoms with Crippen molar-refractivity contribution in [2.45, 2.75) is 69.2 Å². The monoisotopic (exact) mass is 573 g/mol. The summed E-state index contributed by atoms with van der Waals surface area (Å²) in [5, 5.41) is 45.4. The molecule has 0 radical (unpaired) electrons. The number of nitrogens with two attached hydrogens (primary N) is 1. The molecule has 216 valence electrons. The van der Waals surface area contributed by atoms with Crippen molar-refractivity contribution >= 4 is 34.8 Å². The molecular weight excluding hydrogens is 538 g/mol. The zero-order chi connectivity index (χ0) is 29.3. The Kier molecular flexibility index (Phi) is 7.27. The Morgan fingerprint density at radius 3 is 2.38 bits per heavy atom. The van der Waals surface area contributed by atoms with Crippen molar-refractivity contribution in [3.63, 3.8) is 0 Å². The van der Waals surface area contributed by atoms with Crippen LogP contribution in [0.15, 0.2) is 23.0 Å². The van der Waals surface area contributed by atoms with Gasteiger partial charge in [0, 0.05) is 29.1 Å². The zero-order valence-electron chi connectivity index (χ0n) is 22.9. The fraction of sp³-hybridized carbons (Fsp3) is 0.552. The second kappa shape index (κ2) is 10.2. The van der Waals surface area contributed by atoms with Crippen molar-refractivity contribution in [2.24, 2.45) is 17.6 Å². The number of rotatable bonds is 5. The summed E-state index contributed by atoms with van der Waals surface area (Å²) < 4.78 is 0. The second-order valence-electron chi connectivity index (χ2n) is 11.9. The molecule has 1 aromatic rings. The van der Waals surface area contributed by atoms with E-state index >= 15 is 0 Å². The molecule has 0 bridgehead atoms. The topological polar surface area (TPSA) is 165 Å². The van der Waals surface area contributed by atoms with E-state index in [1.54, 1.807) is 14.1 Å². The van der Waals surface area contributed by atoms with E-state index in [1.807, 2.05) is 7.05 Å². The van der Waals surface area contributed by atoms with Crippen molar-refractivity contribution in [1.29, 1.82) is 0 Å². The number of carbonyl (C=O) groups excluding carboxylic acids is 3. The Labute approximate surface area is 237 Å². The predicted octanol–water partition coefficient (Wildman–Crippen LogP) is 2.38. The lowest BCUT2D eigenvalue weighted by atomic mass is 9.57. The Balaban J connectivity index is 1.60. The molecule has 11 heteroatoms. The smallest absolute Gasteiger partial charge is 0.255 e. The van der Waals surface area contributed by atoms with Crippen LogP contribution in [-0.4, -0.2) is 86.5 Å². The summed E-state index contributed by atoms with van der Waals surface area (Å²) in [6.07, 6.45) is 5.95. The molecule has 1 amide bonds. The third kappa shape index (κ3) is 4.15. The molecule has 4 aliphatic carbocycles. The summed E-state index contributed by atoms with van der Waals surface area (Å²) in [5.74, 6) is -6.77. The molecule has 4 atom stereocenters. The molecule has 0 heterocycles. The van der Waals surface area contributed by atoms with Gasteiger partial charge in [-0.15, -0.1) is 0 Å². The van der Waals surface area contributed by atoms with Crippen LogP contribution < -0.4 is 5.73 Å². The van der Waals surface area contributed by atoms with Crippen molar-refractivity contribution in [1.82, 2.24) is 9.80 Å². The van der Waals surface area contributed by atoms with Crippen LogP contribution in [0.2, 0.25) is 5.02 Å². The molecule has 2 saturated carbocycles. The van der Waals surface area contributed by atoms with Crippen molar-refractivity contribution in [3.05, 3.63) is 44.7 Å². The number of likely N-dealkylation sites (N-methyl/N-ethyl adjacent to an activating group) is 1. The Hall–Kier alpha value is -2.92. The van der Waals surface area contributed by atoms with Crippen LogP contribution in [0.5, 0.6) is 5.75 Å². The molecule has 1 aromatic carbocycles. The number of aromatic hydroxyl groups is 1. The largest absolute Gasteiger partial charge is 0.508 e. The molecular formula is C29H36ClN3O7. The number of hydrogen-bond acceptors (Lipinski definition) is 9. The maximum Gasteiger partial charge on any atom is 0.255 e. The van der Waals surface area contributed by atoms with E-state index in [9.17, 15) is 34.8 Å². The van der Waals surface area contributed by atoms with Crippen LogP contribution in [0, 0.1) is 11.8 Å². The Bertz CT molecular complexity index is 1360. The minimum absolute atomic E-state index is 0.00496. The number of phenols is 1. The van der Waals surface area contributed by atoms with Crippen LogP contribution in [0.25, 0.3) is 5.76 Å². The second-order valence-corrected chi connectivity index (χ2v) is 12.3. The van der Waals surface area contributed by atoms with E-state index in [2.05, 4.69) is 4.90 Å². The molecule has 4 aliphatic rings. The van der Waals surface area contributed by atoms with Gasteiger partial charge in [0.05, 0.1) is 11.6 Å². The van der Waals surface area contributed by atoms with Gasteiger partial charge in [0.1, 0.15) is 22.8 Å². The summed E-state index contributed by atoms with van der Waals surface area (Å²) in [6.45, 7) is 0.499. The average molecular weight is 574 g/mol. The molecule has 40 heavy (non-hydrogen) atoms. The molecule has 2 fully saturated rings. The number of aliphatic hydroxyl groups excluding tert-OH is 2. The van der Waals surface area contributed by atoms with E-state index in [1.165, 1.54) is 30.2 Å². The quantitative estimate of drug-likeness (QED) is 0.332. The summed E-state index contributed by atoms with van der Waals surface area (Å²) >= 11 is 6.89. The lowest BCUT2D eigenvalue weighted by Gasteiger charge is -2.50. The number of hydrogen-bond donors (Lipinski definition) is 5. The standard InChI is InChI=1S/C29H36ClN3O7/c1-32(2)23-17-10-13-9-16-20(18(34)11-14(22(16)30)12-33(3)15-7-5-4-6-8-15)24(35)19(13)26(37)29(17,40)27(38)21(25(23)36)28(31)39/h11,13,15,17,23,34-35,38,40H,4-10,12H2,1-3H3,(H2,31,39)/t13-,17-,23-,29-/m0/s1. The van der Waals surface area contributed by atoms with E-state index in [4.69, 9.17) is 17.3 Å².